The van der Waals surface area contributed by atoms with E-state index in [1.807, 2.05) is 0 Å². The molecule has 0 saturated carbocycles. The van der Waals surface area contributed by atoms with Crippen LogP contribution < -0.4 is 0 Å². The summed E-state index contributed by atoms with van der Waals surface area (Å²) < 4.78 is 53.9. The molecule has 1 fully saturated rings. The van der Waals surface area contributed by atoms with Crippen molar-refractivity contribution in [2.45, 2.75) is 18.8 Å². The molecule has 0 spiro atoms. The van der Waals surface area contributed by atoms with Crippen LogP contribution in [0.25, 0.3) is 0 Å². The van der Waals surface area contributed by atoms with Crippen LogP contribution in [-0.2, 0) is 0 Å². The molecule has 2 heteroatoms. The lowest BCUT2D eigenvalue weighted by Gasteiger charge is -2.18. The van der Waals surface area contributed by atoms with Gasteiger partial charge in [0, 0.05) is 28.0 Å². The van der Waals surface area contributed by atoms with Crippen molar-refractivity contribution in [2.24, 2.45) is 0 Å². The maximum Gasteiger partial charge on any atom is 0.0431 e. The molecule has 0 N–H and O–H groups in total. The molecule has 2 nitrogen and oxygen atoms in total. The van der Waals surface area contributed by atoms with E-state index in [0.29, 0.717) is 10.5 Å². The van der Waals surface area contributed by atoms with E-state index >= 15 is 0 Å². The first-order valence-corrected chi connectivity index (χ1v) is 3.75. The molecule has 1 saturated heterocycles. The molecule has 1 aliphatic heterocycles. The van der Waals surface area contributed by atoms with Gasteiger partial charge in [-0.2, -0.15) is 0 Å². The van der Waals surface area contributed by atoms with Crippen molar-refractivity contribution < 1.29 is 9.60 Å². The van der Waals surface area contributed by atoms with Crippen molar-refractivity contribution in [3.05, 3.63) is 30.1 Å². The Morgan fingerprint density at radius 2 is 2.83 bits per heavy atom. The molecule has 1 atom stereocenters. The molecular formula is C10H14N2. The molecule has 1 aromatic rings. The van der Waals surface area contributed by atoms with Crippen LogP contribution in [0.2, 0.25) is 0 Å². The predicted molar refractivity (Wildman–Crippen MR) is 48.8 cm³/mol. The summed E-state index contributed by atoms with van der Waals surface area (Å²) in [5.74, 6) is 0. The number of aromatic nitrogens is 1. The highest BCUT2D eigenvalue weighted by atomic mass is 15.1. The lowest BCUT2D eigenvalue weighted by Crippen LogP contribution is -2.17. The zero-order valence-electron chi connectivity index (χ0n) is 13.5. The third-order valence-electron chi connectivity index (χ3n) is 1.80. The standard InChI is InChI=1S/C10H14N2/c1-12-7-3-5-10(12)9-4-2-6-11-8-9/h2,4,6,8,10H,3,5,7H2,1H3/t10-/m0/s1/i1D3,5D2,7D2. The average molecular weight is 169 g/mol. The third-order valence-corrected chi connectivity index (χ3v) is 1.80. The van der Waals surface area contributed by atoms with Gasteiger partial charge in [0.1, 0.15) is 0 Å². The summed E-state index contributed by atoms with van der Waals surface area (Å²) in [5, 5.41) is 0. The van der Waals surface area contributed by atoms with Crippen molar-refractivity contribution in [3.8, 4) is 0 Å². The van der Waals surface area contributed by atoms with Crippen molar-refractivity contribution >= 4 is 0 Å². The smallest absolute Gasteiger partial charge is 0.0431 e. The minimum atomic E-state index is -2.71. The van der Waals surface area contributed by atoms with Crippen LogP contribution in [0.3, 0.4) is 0 Å². The zero-order chi connectivity index (χ0) is 14.5. The molecule has 64 valence electrons. The highest BCUT2D eigenvalue weighted by molar-refractivity contribution is 5.14. The Morgan fingerprint density at radius 3 is 3.58 bits per heavy atom. The van der Waals surface area contributed by atoms with E-state index in [4.69, 9.17) is 9.60 Å². The predicted octanol–water partition coefficient (Wildman–Crippen LogP) is 1.85. The van der Waals surface area contributed by atoms with Crippen molar-refractivity contribution in [3.63, 3.8) is 0 Å². The second-order valence-corrected chi connectivity index (χ2v) is 2.60. The van der Waals surface area contributed by atoms with Crippen molar-refractivity contribution in [1.82, 2.24) is 9.88 Å². The van der Waals surface area contributed by atoms with E-state index in [0.717, 1.165) is 0 Å². The van der Waals surface area contributed by atoms with Gasteiger partial charge in [-0.25, -0.2) is 0 Å². The van der Waals surface area contributed by atoms with Crippen LogP contribution in [0.5, 0.6) is 0 Å². The molecule has 0 unspecified atom stereocenters. The van der Waals surface area contributed by atoms with Gasteiger partial charge in [-0.15, -0.1) is 0 Å². The molecule has 0 aliphatic carbocycles. The quantitative estimate of drug-likeness (QED) is 0.638. The monoisotopic (exact) mass is 169 g/mol. The Bertz CT molecular complexity index is 457. The normalized spacial score (nSPS) is 42.7. The summed E-state index contributed by atoms with van der Waals surface area (Å²) in [4.78, 5) is 4.50. The molecule has 2 rings (SSSR count). The highest BCUT2D eigenvalue weighted by Crippen LogP contribution is 2.29. The second-order valence-electron chi connectivity index (χ2n) is 2.60. The fourth-order valence-electron chi connectivity index (χ4n) is 1.21. The molecule has 0 bridgehead atoms. The number of rotatable bonds is 1. The summed E-state index contributed by atoms with van der Waals surface area (Å²) in [5.41, 5.74) is 0.366. The first kappa shape index (κ1) is 3.11. The average Bonchev–Trinajstić information content (AvgIpc) is 2.43. The molecule has 0 radical (unpaired) electrons. The lowest BCUT2D eigenvalue weighted by atomic mass is 10.1. The van der Waals surface area contributed by atoms with Gasteiger partial charge in [-0.05, 0) is 37.9 Å². The van der Waals surface area contributed by atoms with Crippen LogP contribution in [0.4, 0.5) is 0 Å². The summed E-state index contributed by atoms with van der Waals surface area (Å²) in [7, 11) is 0. The fourth-order valence-corrected chi connectivity index (χ4v) is 1.21. The molecule has 2 heterocycles. The van der Waals surface area contributed by atoms with Gasteiger partial charge < -0.3 is 0 Å². The van der Waals surface area contributed by atoms with E-state index in [1.165, 1.54) is 12.4 Å². The summed E-state index contributed by atoms with van der Waals surface area (Å²) in [6.07, 6.45) is 0.421. The van der Waals surface area contributed by atoms with Gasteiger partial charge in [-0.1, -0.05) is 6.07 Å². The number of hydrogen-bond donors (Lipinski definition) is 0. The Balaban J connectivity index is 2.54. The Kier molecular flexibility index (Phi) is 0.838. The van der Waals surface area contributed by atoms with Gasteiger partial charge in [0.05, 0.1) is 0 Å². The van der Waals surface area contributed by atoms with Crippen LogP contribution in [0.15, 0.2) is 24.5 Å². The van der Waals surface area contributed by atoms with Gasteiger partial charge in [0.2, 0.25) is 0 Å². The topological polar surface area (TPSA) is 16.1 Å². The zero-order valence-corrected chi connectivity index (χ0v) is 6.49. The number of hydrogen-bond acceptors (Lipinski definition) is 2. The summed E-state index contributed by atoms with van der Waals surface area (Å²) in [6.45, 7) is -4.94. The Morgan fingerprint density at radius 1 is 1.83 bits per heavy atom. The Hall–Kier alpha value is -0.890. The summed E-state index contributed by atoms with van der Waals surface area (Å²) >= 11 is 0. The Labute approximate surface area is 83.1 Å². The van der Waals surface area contributed by atoms with E-state index in [2.05, 4.69) is 4.98 Å². The van der Waals surface area contributed by atoms with Gasteiger partial charge in [-0.3, -0.25) is 9.88 Å². The third kappa shape index (κ3) is 1.34. The highest BCUT2D eigenvalue weighted by Gasteiger charge is 2.21. The van der Waals surface area contributed by atoms with Gasteiger partial charge >= 0.3 is 0 Å². The van der Waals surface area contributed by atoms with Crippen molar-refractivity contribution in [1.29, 1.82) is 0 Å². The van der Waals surface area contributed by atoms with Crippen LogP contribution >= 0.6 is 0 Å². The maximum absolute atomic E-state index is 7.95. The van der Waals surface area contributed by atoms with Crippen molar-refractivity contribution in [2.75, 3.05) is 13.5 Å². The fraction of sp³-hybridized carbons (Fsp3) is 0.500. The maximum atomic E-state index is 7.95. The minimum absolute atomic E-state index is 0.366. The van der Waals surface area contributed by atoms with Crippen LogP contribution in [0, 0.1) is 0 Å². The molecule has 1 aromatic heterocycles. The molecular weight excluding hydrogens is 148 g/mol. The molecule has 1 aliphatic rings. The minimum Gasteiger partial charge on any atom is -0.299 e. The van der Waals surface area contributed by atoms with E-state index in [1.54, 1.807) is 12.1 Å². The van der Waals surface area contributed by atoms with Crippen LogP contribution in [-0.4, -0.2) is 23.4 Å². The molecule has 0 amide bonds. The second kappa shape index (κ2) is 3.23. The van der Waals surface area contributed by atoms with Crippen LogP contribution in [0.1, 0.15) is 34.0 Å². The van der Waals surface area contributed by atoms with E-state index in [9.17, 15) is 0 Å². The van der Waals surface area contributed by atoms with E-state index < -0.39 is 32.3 Å². The molecule has 12 heavy (non-hydrogen) atoms. The summed E-state index contributed by atoms with van der Waals surface area (Å²) in [6, 6.07) is 1.97. The largest absolute Gasteiger partial charge is 0.299 e. The number of likely N-dealkylation sites (tertiary alicyclic amines) is 1. The van der Waals surface area contributed by atoms with Gasteiger partial charge in [0.15, 0.2) is 0 Å². The first-order chi connectivity index (χ1) is 8.56. The molecule has 0 aromatic carbocycles. The number of pyridine rings is 1. The van der Waals surface area contributed by atoms with E-state index in [-0.39, 0.29) is 0 Å². The SMILES string of the molecule is [2H]C1([2H])CC([2H])([2H])N(C([2H])([2H])[2H])[C@@H]1c1cccnc1. The first-order valence-electron chi connectivity index (χ1n) is 7.25. The number of nitrogens with zero attached hydrogens (tertiary/aromatic N) is 2. The van der Waals surface area contributed by atoms with Gasteiger partial charge in [0.25, 0.3) is 0 Å². The lowest BCUT2D eigenvalue weighted by molar-refractivity contribution is 0.317.